The van der Waals surface area contributed by atoms with Gasteiger partial charge in [-0.15, -0.1) is 0 Å². The van der Waals surface area contributed by atoms with Crippen LogP contribution in [0.15, 0.2) is 24.3 Å². The van der Waals surface area contributed by atoms with Gasteiger partial charge in [-0.3, -0.25) is 10.1 Å². The third kappa shape index (κ3) is 2.68. The monoisotopic (exact) mass is 250 g/mol. The van der Waals surface area contributed by atoms with Crippen molar-refractivity contribution in [1.82, 2.24) is 0 Å². The lowest BCUT2D eigenvalue weighted by molar-refractivity contribution is -0.385. The first-order valence-electron chi connectivity index (χ1n) is 6.17. The van der Waals surface area contributed by atoms with Crippen molar-refractivity contribution in [2.24, 2.45) is 11.1 Å². The maximum absolute atomic E-state index is 11.0. The van der Waals surface area contributed by atoms with Gasteiger partial charge in [0, 0.05) is 24.8 Å². The summed E-state index contributed by atoms with van der Waals surface area (Å²) in [6.07, 6.45) is 2.40. The quantitative estimate of drug-likeness (QED) is 0.653. The van der Waals surface area contributed by atoms with E-state index in [0.717, 1.165) is 18.4 Å². The molecule has 0 aromatic heterocycles. The zero-order valence-corrected chi connectivity index (χ0v) is 10.3. The van der Waals surface area contributed by atoms with Crippen molar-refractivity contribution >= 4 is 5.69 Å². The molecule has 0 saturated carbocycles. The van der Waals surface area contributed by atoms with Gasteiger partial charge in [0.25, 0.3) is 5.69 Å². The summed E-state index contributed by atoms with van der Waals surface area (Å²) in [6.45, 7) is 1.93. The van der Waals surface area contributed by atoms with E-state index < -0.39 is 0 Å². The highest BCUT2D eigenvalue weighted by Gasteiger charge is 2.33. The maximum atomic E-state index is 11.0. The highest BCUT2D eigenvalue weighted by atomic mass is 16.6. The molecule has 1 fully saturated rings. The van der Waals surface area contributed by atoms with Gasteiger partial charge in [0.2, 0.25) is 0 Å². The molecule has 1 aromatic rings. The third-order valence-corrected chi connectivity index (χ3v) is 3.74. The molecule has 0 radical (unpaired) electrons. The molecule has 0 aliphatic carbocycles. The molecule has 0 atom stereocenters. The highest BCUT2D eigenvalue weighted by molar-refractivity contribution is 5.40. The number of nitrogens with zero attached hydrogens (tertiary/aromatic N) is 1. The van der Waals surface area contributed by atoms with Crippen LogP contribution in [0.3, 0.4) is 0 Å². The maximum Gasteiger partial charge on any atom is 0.272 e. The van der Waals surface area contributed by atoms with E-state index in [2.05, 4.69) is 0 Å². The summed E-state index contributed by atoms with van der Waals surface area (Å²) >= 11 is 0. The van der Waals surface area contributed by atoms with E-state index in [4.69, 9.17) is 10.5 Å². The van der Waals surface area contributed by atoms with E-state index in [-0.39, 0.29) is 16.0 Å². The lowest BCUT2D eigenvalue weighted by Crippen LogP contribution is -2.38. The molecule has 1 heterocycles. The molecule has 1 aromatic carbocycles. The minimum absolute atomic E-state index is 0.0512. The highest BCUT2D eigenvalue weighted by Crippen LogP contribution is 2.35. The Morgan fingerprint density at radius 3 is 2.61 bits per heavy atom. The fourth-order valence-corrected chi connectivity index (χ4v) is 2.50. The molecule has 98 valence electrons. The largest absolute Gasteiger partial charge is 0.381 e. The smallest absolute Gasteiger partial charge is 0.272 e. The van der Waals surface area contributed by atoms with Crippen LogP contribution in [-0.2, 0) is 11.2 Å². The van der Waals surface area contributed by atoms with Gasteiger partial charge in [-0.1, -0.05) is 18.2 Å². The number of nitro groups is 1. The molecule has 0 bridgehead atoms. The predicted molar refractivity (Wildman–Crippen MR) is 68.3 cm³/mol. The third-order valence-electron chi connectivity index (χ3n) is 3.74. The minimum atomic E-state index is -0.321. The Balaban J connectivity index is 2.24. The number of nitro benzene ring substituents is 1. The van der Waals surface area contributed by atoms with Crippen molar-refractivity contribution in [2.45, 2.75) is 19.3 Å². The first-order chi connectivity index (χ1) is 8.67. The number of hydrogen-bond donors (Lipinski definition) is 1. The van der Waals surface area contributed by atoms with Crippen molar-refractivity contribution in [3.8, 4) is 0 Å². The zero-order chi connectivity index (χ0) is 13.0. The van der Waals surface area contributed by atoms with E-state index in [1.54, 1.807) is 12.1 Å². The van der Waals surface area contributed by atoms with E-state index in [1.807, 2.05) is 12.1 Å². The van der Waals surface area contributed by atoms with E-state index >= 15 is 0 Å². The molecule has 18 heavy (non-hydrogen) atoms. The molecule has 1 saturated heterocycles. The summed E-state index contributed by atoms with van der Waals surface area (Å²) in [7, 11) is 0. The topological polar surface area (TPSA) is 78.4 Å². The first kappa shape index (κ1) is 13.0. The molecule has 2 rings (SSSR count). The Bertz CT molecular complexity index is 428. The summed E-state index contributed by atoms with van der Waals surface area (Å²) in [5, 5.41) is 11.0. The number of nitrogens with two attached hydrogens (primary N) is 1. The van der Waals surface area contributed by atoms with Gasteiger partial charge in [0.05, 0.1) is 4.92 Å². The van der Waals surface area contributed by atoms with Crippen LogP contribution in [-0.4, -0.2) is 24.7 Å². The van der Waals surface area contributed by atoms with Crippen molar-refractivity contribution in [1.29, 1.82) is 0 Å². The fraction of sp³-hybridized carbons (Fsp3) is 0.538. The van der Waals surface area contributed by atoms with Crippen molar-refractivity contribution in [3.63, 3.8) is 0 Å². The molecule has 2 N–H and O–H groups in total. The lowest BCUT2D eigenvalue weighted by Gasteiger charge is -2.36. The van der Waals surface area contributed by atoms with Gasteiger partial charge in [-0.2, -0.15) is 0 Å². The second-order valence-electron chi connectivity index (χ2n) is 4.88. The average Bonchev–Trinajstić information content (AvgIpc) is 2.40. The lowest BCUT2D eigenvalue weighted by atomic mass is 9.75. The molecule has 0 unspecified atom stereocenters. The van der Waals surface area contributed by atoms with Crippen LogP contribution in [0.2, 0.25) is 0 Å². The second kappa shape index (κ2) is 5.46. The predicted octanol–water partition coefficient (Wildman–Crippen LogP) is 1.89. The van der Waals surface area contributed by atoms with E-state index in [0.29, 0.717) is 26.2 Å². The van der Waals surface area contributed by atoms with Gasteiger partial charge < -0.3 is 10.5 Å². The van der Waals surface area contributed by atoms with Crippen LogP contribution in [0.25, 0.3) is 0 Å². The Hall–Kier alpha value is -1.46. The number of ether oxygens (including phenoxy) is 1. The minimum Gasteiger partial charge on any atom is -0.381 e. The summed E-state index contributed by atoms with van der Waals surface area (Å²) in [6, 6.07) is 6.91. The Labute approximate surface area is 106 Å². The molecule has 1 aliphatic heterocycles. The zero-order valence-electron chi connectivity index (χ0n) is 10.3. The van der Waals surface area contributed by atoms with Crippen LogP contribution in [0, 0.1) is 15.5 Å². The fourth-order valence-electron chi connectivity index (χ4n) is 2.50. The molecule has 1 aliphatic rings. The van der Waals surface area contributed by atoms with Crippen LogP contribution in [0.1, 0.15) is 18.4 Å². The number of hydrogen-bond acceptors (Lipinski definition) is 4. The van der Waals surface area contributed by atoms with Gasteiger partial charge in [0.15, 0.2) is 0 Å². The molecular weight excluding hydrogens is 232 g/mol. The molecule has 0 amide bonds. The SMILES string of the molecule is NCC1(Cc2ccccc2[N+](=O)[O-])CCOCC1. The number of benzene rings is 1. The molecule has 5 heteroatoms. The van der Waals surface area contributed by atoms with Crippen molar-refractivity contribution < 1.29 is 9.66 Å². The Morgan fingerprint density at radius 2 is 2.00 bits per heavy atom. The molecule has 0 spiro atoms. The normalized spacial score (nSPS) is 18.5. The van der Waals surface area contributed by atoms with Gasteiger partial charge in [0.1, 0.15) is 0 Å². The van der Waals surface area contributed by atoms with Crippen LogP contribution < -0.4 is 5.73 Å². The van der Waals surface area contributed by atoms with Gasteiger partial charge >= 0.3 is 0 Å². The number of para-hydroxylation sites is 1. The molecular formula is C13H18N2O3. The van der Waals surface area contributed by atoms with Crippen molar-refractivity contribution in [2.75, 3.05) is 19.8 Å². The summed E-state index contributed by atoms with van der Waals surface area (Å²) in [5.74, 6) is 0. The van der Waals surface area contributed by atoms with E-state index in [1.165, 1.54) is 0 Å². The van der Waals surface area contributed by atoms with E-state index in [9.17, 15) is 10.1 Å². The summed E-state index contributed by atoms with van der Waals surface area (Å²) < 4.78 is 5.35. The van der Waals surface area contributed by atoms with Gasteiger partial charge in [-0.05, 0) is 31.2 Å². The number of rotatable bonds is 4. The Kier molecular flexibility index (Phi) is 3.93. The van der Waals surface area contributed by atoms with Crippen LogP contribution in [0.5, 0.6) is 0 Å². The second-order valence-corrected chi connectivity index (χ2v) is 4.88. The summed E-state index contributed by atoms with van der Waals surface area (Å²) in [4.78, 5) is 10.7. The van der Waals surface area contributed by atoms with Gasteiger partial charge in [-0.25, -0.2) is 0 Å². The Morgan fingerprint density at radius 1 is 1.33 bits per heavy atom. The van der Waals surface area contributed by atoms with Crippen molar-refractivity contribution in [3.05, 3.63) is 39.9 Å². The average molecular weight is 250 g/mol. The summed E-state index contributed by atoms with van der Waals surface area (Å²) in [5.41, 5.74) is 6.80. The standard InChI is InChI=1S/C13H18N2O3/c14-10-13(5-7-18-8-6-13)9-11-3-1-2-4-12(11)15(16)17/h1-4H,5-10,14H2. The van der Waals surface area contributed by atoms with Crippen LogP contribution >= 0.6 is 0 Å². The first-order valence-corrected chi connectivity index (χ1v) is 6.17. The molecule has 5 nitrogen and oxygen atoms in total. The van der Waals surface area contributed by atoms with Crippen LogP contribution in [0.4, 0.5) is 5.69 Å².